The van der Waals surface area contributed by atoms with Crippen LogP contribution in [0.5, 0.6) is 5.75 Å². The molecular weight excluding hydrogens is 480 g/mol. The van der Waals surface area contributed by atoms with Gasteiger partial charge in [-0.05, 0) is 42.0 Å². The van der Waals surface area contributed by atoms with Crippen molar-refractivity contribution in [3.63, 3.8) is 0 Å². The fourth-order valence-electron chi connectivity index (χ4n) is 3.84. The Morgan fingerprint density at radius 1 is 1.10 bits per heavy atom. The van der Waals surface area contributed by atoms with E-state index in [1.54, 1.807) is 42.5 Å². The van der Waals surface area contributed by atoms with E-state index in [0.717, 1.165) is 5.39 Å². The minimum atomic E-state index is -4.17. The van der Waals surface area contributed by atoms with Gasteiger partial charge in [0.2, 0.25) is 5.91 Å². The smallest absolute Gasteiger partial charge is 0.387 e. The number of sulfonamides is 1. The van der Waals surface area contributed by atoms with Gasteiger partial charge < -0.3 is 4.74 Å². The Morgan fingerprint density at radius 2 is 1.83 bits per heavy atom. The van der Waals surface area contributed by atoms with Crippen LogP contribution in [0.3, 0.4) is 0 Å². The normalized spacial score (nSPS) is 15.9. The summed E-state index contributed by atoms with van der Waals surface area (Å²) >= 11 is 3.36. The fraction of sp³-hybridized carbons (Fsp3) is 0.190. The average Bonchev–Trinajstić information content (AvgIpc) is 3.15. The van der Waals surface area contributed by atoms with Crippen LogP contribution in [-0.4, -0.2) is 20.9 Å². The largest absolute Gasteiger partial charge is 0.435 e. The number of carbonyl (C=O) groups is 1. The van der Waals surface area contributed by atoms with Crippen LogP contribution in [0.2, 0.25) is 0 Å². The zero-order chi connectivity index (χ0) is 21.5. The molecule has 1 aliphatic rings. The summed E-state index contributed by atoms with van der Waals surface area (Å²) in [6.07, 6.45) is 0.719. The number of nitrogens with one attached hydrogen (secondary N) is 1. The molecule has 9 heteroatoms. The molecule has 1 N–H and O–H groups in total. The van der Waals surface area contributed by atoms with Gasteiger partial charge in [0, 0.05) is 15.4 Å². The molecule has 156 valence electrons. The van der Waals surface area contributed by atoms with E-state index in [0.29, 0.717) is 21.8 Å². The van der Waals surface area contributed by atoms with E-state index in [-0.39, 0.29) is 22.6 Å². The van der Waals surface area contributed by atoms with Crippen LogP contribution in [0, 0.1) is 0 Å². The monoisotopic (exact) mass is 495 g/mol. The number of carbonyl (C=O) groups excluding carboxylic acids is 1. The number of fused-ring (bicyclic) bond motifs is 2. The molecule has 30 heavy (non-hydrogen) atoms. The lowest BCUT2D eigenvalue weighted by molar-refractivity contribution is -0.120. The number of halogens is 3. The van der Waals surface area contributed by atoms with Crippen LogP contribution in [0.4, 0.5) is 8.78 Å². The van der Waals surface area contributed by atoms with Crippen molar-refractivity contribution in [2.75, 3.05) is 0 Å². The van der Waals surface area contributed by atoms with Crippen LogP contribution >= 0.6 is 15.9 Å². The molecule has 3 aromatic rings. The highest BCUT2D eigenvalue weighted by atomic mass is 79.9. The molecule has 1 aliphatic carbocycles. The summed E-state index contributed by atoms with van der Waals surface area (Å²) in [6.45, 7) is -3.06. The van der Waals surface area contributed by atoms with Gasteiger partial charge in [-0.15, -0.1) is 0 Å². The molecule has 0 heterocycles. The zero-order valence-corrected chi connectivity index (χ0v) is 17.8. The summed E-state index contributed by atoms with van der Waals surface area (Å²) < 4.78 is 58.9. The molecule has 1 atom stereocenters. The topological polar surface area (TPSA) is 72.5 Å². The third kappa shape index (κ3) is 3.79. The highest BCUT2D eigenvalue weighted by Crippen LogP contribution is 2.43. The van der Waals surface area contributed by atoms with Gasteiger partial charge in [0.25, 0.3) is 10.0 Å². The number of ether oxygens (including phenoxy) is 1. The molecule has 0 radical (unpaired) electrons. The minimum absolute atomic E-state index is 0.0227. The molecule has 3 aromatic carbocycles. The van der Waals surface area contributed by atoms with Crippen molar-refractivity contribution in [2.24, 2.45) is 0 Å². The molecule has 0 spiro atoms. The average molecular weight is 496 g/mol. The first-order valence-corrected chi connectivity index (χ1v) is 11.4. The van der Waals surface area contributed by atoms with Crippen molar-refractivity contribution < 1.29 is 26.7 Å². The highest BCUT2D eigenvalue weighted by Gasteiger charge is 2.36. The lowest BCUT2D eigenvalue weighted by Crippen LogP contribution is -2.34. The van der Waals surface area contributed by atoms with E-state index in [2.05, 4.69) is 25.4 Å². The van der Waals surface area contributed by atoms with Gasteiger partial charge in [-0.3, -0.25) is 4.79 Å². The van der Waals surface area contributed by atoms with Gasteiger partial charge in [0.05, 0.1) is 10.8 Å². The molecule has 0 fully saturated rings. The second kappa shape index (κ2) is 7.96. The maximum Gasteiger partial charge on any atom is 0.387 e. The standard InChI is InChI=1S/C21H16BrF2NO4S/c22-16-10-11-17(29-21(23)24)19-14(16)8-9-15(19)20(26)25-30(27,28)18-7-3-5-12-4-1-2-6-13(12)18/h1-7,10-11,15,21H,8-9H2,(H,25,26). The summed E-state index contributed by atoms with van der Waals surface area (Å²) in [5.41, 5.74) is 0.950. The number of benzene rings is 3. The first kappa shape index (κ1) is 20.7. The van der Waals surface area contributed by atoms with Gasteiger partial charge >= 0.3 is 6.61 Å². The van der Waals surface area contributed by atoms with Gasteiger partial charge in [-0.1, -0.05) is 52.3 Å². The Labute approximate surface area is 180 Å². The summed E-state index contributed by atoms with van der Waals surface area (Å²) in [4.78, 5) is 12.9. The molecule has 4 rings (SSSR count). The van der Waals surface area contributed by atoms with Crippen molar-refractivity contribution in [1.29, 1.82) is 0 Å². The summed E-state index contributed by atoms with van der Waals surface area (Å²) in [6, 6.07) is 14.6. The third-order valence-corrected chi connectivity index (χ3v) is 7.25. The molecule has 0 saturated heterocycles. The molecule has 1 unspecified atom stereocenters. The molecule has 5 nitrogen and oxygen atoms in total. The van der Waals surface area contributed by atoms with E-state index < -0.39 is 28.5 Å². The maximum absolute atomic E-state index is 13.0. The van der Waals surface area contributed by atoms with Crippen LogP contribution in [0.15, 0.2) is 64.0 Å². The van der Waals surface area contributed by atoms with Crippen molar-refractivity contribution in [1.82, 2.24) is 4.72 Å². The van der Waals surface area contributed by atoms with E-state index in [1.807, 2.05) is 0 Å². The van der Waals surface area contributed by atoms with E-state index in [9.17, 15) is 22.0 Å². The van der Waals surface area contributed by atoms with Crippen molar-refractivity contribution in [3.05, 3.63) is 70.2 Å². The third-order valence-electron chi connectivity index (χ3n) is 5.10. The SMILES string of the molecule is O=C(NS(=O)(=O)c1cccc2ccccc12)C1CCc2c(Br)ccc(OC(F)F)c21. The lowest BCUT2D eigenvalue weighted by atomic mass is 10.00. The first-order chi connectivity index (χ1) is 14.3. The molecule has 0 bridgehead atoms. The van der Waals surface area contributed by atoms with Crippen LogP contribution in [0.1, 0.15) is 23.5 Å². The van der Waals surface area contributed by atoms with Gasteiger partial charge in [0.15, 0.2) is 0 Å². The Kier molecular flexibility index (Phi) is 5.50. The minimum Gasteiger partial charge on any atom is -0.435 e. The number of rotatable bonds is 5. The highest BCUT2D eigenvalue weighted by molar-refractivity contribution is 9.10. The summed E-state index contributed by atoms with van der Waals surface area (Å²) in [7, 11) is -4.17. The second-order valence-corrected chi connectivity index (χ2v) is 9.36. The second-order valence-electron chi connectivity index (χ2n) is 6.85. The number of hydrogen-bond donors (Lipinski definition) is 1. The van der Waals surface area contributed by atoms with Crippen molar-refractivity contribution in [2.45, 2.75) is 30.3 Å². The number of hydrogen-bond acceptors (Lipinski definition) is 4. The molecular formula is C21H16BrF2NO4S. The zero-order valence-electron chi connectivity index (χ0n) is 15.4. The van der Waals surface area contributed by atoms with Gasteiger partial charge in [-0.25, -0.2) is 13.1 Å². The number of alkyl halides is 2. The Bertz CT molecular complexity index is 1240. The number of amides is 1. The Hall–Kier alpha value is -2.52. The van der Waals surface area contributed by atoms with Crippen molar-refractivity contribution in [3.8, 4) is 5.75 Å². The van der Waals surface area contributed by atoms with E-state index >= 15 is 0 Å². The summed E-state index contributed by atoms with van der Waals surface area (Å²) in [5.74, 6) is -1.82. The Morgan fingerprint density at radius 3 is 2.60 bits per heavy atom. The predicted octanol–water partition coefficient (Wildman–Crippen LogP) is 4.74. The Balaban J connectivity index is 1.69. The predicted molar refractivity (Wildman–Crippen MR) is 111 cm³/mol. The quantitative estimate of drug-likeness (QED) is 0.554. The molecule has 1 amide bonds. The van der Waals surface area contributed by atoms with E-state index in [4.69, 9.17) is 0 Å². The van der Waals surface area contributed by atoms with Gasteiger partial charge in [0.1, 0.15) is 5.75 Å². The first-order valence-electron chi connectivity index (χ1n) is 9.08. The van der Waals surface area contributed by atoms with Crippen LogP contribution in [-0.2, 0) is 21.2 Å². The van der Waals surface area contributed by atoms with Crippen LogP contribution < -0.4 is 9.46 Å². The molecule has 0 aliphatic heterocycles. The van der Waals surface area contributed by atoms with E-state index in [1.165, 1.54) is 12.1 Å². The maximum atomic E-state index is 13.0. The molecule has 0 saturated carbocycles. The van der Waals surface area contributed by atoms with Crippen LogP contribution in [0.25, 0.3) is 10.8 Å². The lowest BCUT2D eigenvalue weighted by Gasteiger charge is -2.17. The van der Waals surface area contributed by atoms with Gasteiger partial charge in [-0.2, -0.15) is 8.78 Å². The summed E-state index contributed by atoms with van der Waals surface area (Å²) in [5, 5.41) is 1.20. The molecule has 0 aromatic heterocycles. The van der Waals surface area contributed by atoms with Crippen molar-refractivity contribution >= 4 is 42.6 Å². The fourth-order valence-corrected chi connectivity index (χ4v) is 5.63.